The van der Waals surface area contributed by atoms with Crippen LogP contribution >= 0.6 is 0 Å². The van der Waals surface area contributed by atoms with Gasteiger partial charge in [-0.15, -0.1) is 0 Å². The number of carboxylic acids is 1. The standard InChI is InChI=1S/C15H21N3O6/c1-4-24-11-5-6-12(13(7-11)18(22)23)16-14(19)8-17(10(2)3)9-15(20)21/h5-7,10H,4,8-9H2,1-3H3,(H,16,19)(H,20,21). The first kappa shape index (κ1) is 19.4. The van der Waals surface area contributed by atoms with Crippen LogP contribution in [0.1, 0.15) is 20.8 Å². The Labute approximate surface area is 139 Å². The average molecular weight is 339 g/mol. The van der Waals surface area contributed by atoms with E-state index in [1.54, 1.807) is 20.8 Å². The number of aliphatic carboxylic acids is 1. The van der Waals surface area contributed by atoms with Gasteiger partial charge in [0, 0.05) is 6.04 Å². The van der Waals surface area contributed by atoms with Crippen molar-refractivity contribution in [2.45, 2.75) is 26.8 Å². The van der Waals surface area contributed by atoms with Crippen LogP contribution < -0.4 is 10.1 Å². The molecule has 0 fully saturated rings. The van der Waals surface area contributed by atoms with Gasteiger partial charge in [-0.1, -0.05) is 0 Å². The number of anilines is 1. The highest BCUT2D eigenvalue weighted by Crippen LogP contribution is 2.29. The zero-order valence-corrected chi connectivity index (χ0v) is 13.8. The predicted molar refractivity (Wildman–Crippen MR) is 87.2 cm³/mol. The van der Waals surface area contributed by atoms with Gasteiger partial charge in [0.15, 0.2) is 0 Å². The molecule has 1 rings (SSSR count). The Hall–Kier alpha value is -2.68. The maximum absolute atomic E-state index is 12.1. The third kappa shape index (κ3) is 5.84. The Kier molecular flexibility index (Phi) is 7.12. The third-order valence-electron chi connectivity index (χ3n) is 3.17. The lowest BCUT2D eigenvalue weighted by Crippen LogP contribution is -2.41. The maximum atomic E-state index is 12.1. The van der Waals surface area contributed by atoms with E-state index >= 15 is 0 Å². The van der Waals surface area contributed by atoms with Gasteiger partial charge in [0.05, 0.1) is 30.7 Å². The van der Waals surface area contributed by atoms with Gasteiger partial charge in [-0.25, -0.2) is 0 Å². The molecule has 24 heavy (non-hydrogen) atoms. The molecule has 0 atom stereocenters. The molecule has 1 aromatic rings. The summed E-state index contributed by atoms with van der Waals surface area (Å²) in [6.45, 7) is 5.15. The molecule has 9 nitrogen and oxygen atoms in total. The molecule has 0 saturated heterocycles. The number of hydrogen-bond donors (Lipinski definition) is 2. The van der Waals surface area contributed by atoms with Crippen LogP contribution in [0.25, 0.3) is 0 Å². The number of rotatable bonds is 9. The molecular weight excluding hydrogens is 318 g/mol. The van der Waals surface area contributed by atoms with Crippen molar-refractivity contribution in [2.24, 2.45) is 0 Å². The van der Waals surface area contributed by atoms with Gasteiger partial charge in [0.1, 0.15) is 11.4 Å². The summed E-state index contributed by atoms with van der Waals surface area (Å²) >= 11 is 0. The third-order valence-corrected chi connectivity index (χ3v) is 3.17. The monoisotopic (exact) mass is 339 g/mol. The summed E-state index contributed by atoms with van der Waals surface area (Å²) in [5.41, 5.74) is -0.254. The van der Waals surface area contributed by atoms with Crippen molar-refractivity contribution < 1.29 is 24.4 Å². The number of nitrogens with one attached hydrogen (secondary N) is 1. The predicted octanol–water partition coefficient (Wildman–Crippen LogP) is 1.73. The van der Waals surface area contributed by atoms with Crippen LogP contribution in [0.15, 0.2) is 18.2 Å². The van der Waals surface area contributed by atoms with E-state index in [4.69, 9.17) is 9.84 Å². The van der Waals surface area contributed by atoms with Crippen LogP contribution in [0.5, 0.6) is 5.75 Å². The van der Waals surface area contributed by atoms with Gasteiger partial charge in [-0.05, 0) is 32.9 Å². The zero-order chi connectivity index (χ0) is 18.3. The minimum absolute atomic E-state index is 0.0347. The Bertz CT molecular complexity index is 617. The van der Waals surface area contributed by atoms with Crippen LogP contribution in [-0.2, 0) is 9.59 Å². The van der Waals surface area contributed by atoms with Crippen LogP contribution in [0.3, 0.4) is 0 Å². The van der Waals surface area contributed by atoms with Gasteiger partial charge >= 0.3 is 5.97 Å². The second-order valence-corrected chi connectivity index (χ2v) is 5.31. The van der Waals surface area contributed by atoms with Crippen LogP contribution in [0.4, 0.5) is 11.4 Å². The molecule has 0 aromatic heterocycles. The fraction of sp³-hybridized carbons (Fsp3) is 0.467. The number of ether oxygens (including phenoxy) is 1. The lowest BCUT2D eigenvalue weighted by molar-refractivity contribution is -0.384. The highest BCUT2D eigenvalue weighted by molar-refractivity contribution is 5.94. The second kappa shape index (κ2) is 8.82. The lowest BCUT2D eigenvalue weighted by atomic mass is 10.2. The van der Waals surface area contributed by atoms with Crippen molar-refractivity contribution in [3.8, 4) is 5.75 Å². The Balaban J connectivity index is 2.89. The molecule has 2 N–H and O–H groups in total. The molecule has 0 aliphatic heterocycles. The lowest BCUT2D eigenvalue weighted by Gasteiger charge is -2.23. The molecule has 1 aromatic carbocycles. The molecule has 0 heterocycles. The molecule has 0 aliphatic carbocycles. The van der Waals surface area contributed by atoms with Crippen molar-refractivity contribution >= 4 is 23.3 Å². The molecule has 0 saturated carbocycles. The minimum atomic E-state index is -1.05. The molecule has 0 spiro atoms. The normalized spacial score (nSPS) is 10.7. The van der Waals surface area contributed by atoms with E-state index in [1.165, 1.54) is 23.1 Å². The van der Waals surface area contributed by atoms with E-state index in [2.05, 4.69) is 5.32 Å². The molecular formula is C15H21N3O6. The highest BCUT2D eigenvalue weighted by Gasteiger charge is 2.21. The summed E-state index contributed by atoms with van der Waals surface area (Å²) in [6, 6.07) is 3.97. The van der Waals surface area contributed by atoms with E-state index in [0.29, 0.717) is 12.4 Å². The van der Waals surface area contributed by atoms with Gasteiger partial charge < -0.3 is 15.2 Å². The van der Waals surface area contributed by atoms with E-state index < -0.39 is 16.8 Å². The molecule has 0 bridgehead atoms. The molecule has 1 amide bonds. The van der Waals surface area contributed by atoms with Gasteiger partial charge in [0.25, 0.3) is 5.69 Å². The minimum Gasteiger partial charge on any atom is -0.494 e. The van der Waals surface area contributed by atoms with Crippen molar-refractivity contribution in [1.29, 1.82) is 0 Å². The molecule has 0 unspecified atom stereocenters. The number of carboxylic acid groups (broad SMARTS) is 1. The smallest absolute Gasteiger partial charge is 0.317 e. The second-order valence-electron chi connectivity index (χ2n) is 5.31. The molecule has 0 aliphatic rings. The number of carbonyl (C=O) groups is 2. The fourth-order valence-corrected chi connectivity index (χ4v) is 1.99. The average Bonchev–Trinajstić information content (AvgIpc) is 2.47. The Morgan fingerprint density at radius 2 is 2.04 bits per heavy atom. The topological polar surface area (TPSA) is 122 Å². The van der Waals surface area contributed by atoms with Crippen LogP contribution in [0, 0.1) is 10.1 Å². The van der Waals surface area contributed by atoms with Crippen molar-refractivity contribution in [3.05, 3.63) is 28.3 Å². The first-order valence-corrected chi connectivity index (χ1v) is 7.41. The first-order valence-electron chi connectivity index (χ1n) is 7.41. The number of hydrogen-bond acceptors (Lipinski definition) is 6. The summed E-state index contributed by atoms with van der Waals surface area (Å²) in [7, 11) is 0. The van der Waals surface area contributed by atoms with Crippen LogP contribution in [0.2, 0.25) is 0 Å². The first-order chi connectivity index (χ1) is 11.2. The van der Waals surface area contributed by atoms with E-state index in [-0.39, 0.29) is 30.5 Å². The summed E-state index contributed by atoms with van der Waals surface area (Å²) in [4.78, 5) is 34.9. The molecule has 9 heteroatoms. The molecule has 132 valence electrons. The maximum Gasteiger partial charge on any atom is 0.317 e. The number of carbonyl (C=O) groups excluding carboxylic acids is 1. The molecule has 0 radical (unpaired) electrons. The fourth-order valence-electron chi connectivity index (χ4n) is 1.99. The highest BCUT2D eigenvalue weighted by atomic mass is 16.6. The largest absolute Gasteiger partial charge is 0.494 e. The number of amides is 1. The van der Waals surface area contributed by atoms with Crippen molar-refractivity contribution in [1.82, 2.24) is 4.90 Å². The van der Waals surface area contributed by atoms with Gasteiger partial charge in [-0.2, -0.15) is 0 Å². The summed E-state index contributed by atoms with van der Waals surface area (Å²) < 4.78 is 5.21. The SMILES string of the molecule is CCOc1ccc(NC(=O)CN(CC(=O)O)C(C)C)c([N+](=O)[O-])c1. The van der Waals surface area contributed by atoms with E-state index in [9.17, 15) is 19.7 Å². The summed E-state index contributed by atoms with van der Waals surface area (Å²) in [5, 5.41) is 22.5. The van der Waals surface area contributed by atoms with Gasteiger partial charge in [0.2, 0.25) is 5.91 Å². The summed E-state index contributed by atoms with van der Waals surface area (Å²) in [5.74, 6) is -1.25. The van der Waals surface area contributed by atoms with Crippen molar-refractivity contribution in [3.63, 3.8) is 0 Å². The van der Waals surface area contributed by atoms with E-state index in [0.717, 1.165) is 0 Å². The number of benzene rings is 1. The van der Waals surface area contributed by atoms with Crippen LogP contribution in [-0.4, -0.2) is 52.5 Å². The quantitative estimate of drug-likeness (QED) is 0.519. The van der Waals surface area contributed by atoms with Gasteiger partial charge in [-0.3, -0.25) is 24.6 Å². The van der Waals surface area contributed by atoms with Crippen molar-refractivity contribution in [2.75, 3.05) is 25.0 Å². The number of nitro benzene ring substituents is 1. The zero-order valence-electron chi connectivity index (χ0n) is 13.8. The number of nitrogens with zero attached hydrogens (tertiary/aromatic N) is 2. The summed E-state index contributed by atoms with van der Waals surface area (Å²) in [6.07, 6.45) is 0. The van der Waals surface area contributed by atoms with E-state index in [1.807, 2.05) is 0 Å². The Morgan fingerprint density at radius 1 is 1.38 bits per heavy atom. The Morgan fingerprint density at radius 3 is 2.54 bits per heavy atom. The number of nitro groups is 1.